The molecule has 5 N–H and O–H groups in total. The molecule has 0 aliphatic carbocycles. The Labute approximate surface area is 198 Å². The summed E-state index contributed by atoms with van der Waals surface area (Å²) in [5.74, 6) is 0.732. The third-order valence-electron chi connectivity index (χ3n) is 6.79. The van der Waals surface area contributed by atoms with E-state index in [1.807, 2.05) is 17.0 Å². The molecule has 2 saturated heterocycles. The minimum absolute atomic E-state index is 0.0564. The van der Waals surface area contributed by atoms with Gasteiger partial charge in [0.25, 0.3) is 5.91 Å². The molecule has 2 atom stereocenters. The van der Waals surface area contributed by atoms with Crippen molar-refractivity contribution in [1.29, 1.82) is 0 Å². The first kappa shape index (κ1) is 24.2. The Morgan fingerprint density at radius 1 is 1.32 bits per heavy atom. The standard InChI is InChI=1S/C24H33N5O5/c1-23(32)16-24(34-15-19(23)29-10-6-20(26)27-22(29)31)7-11-28(12-8-24)21(30)17-4-2-5-18(14-17)33-13-3-9-25/h2,4-6,10,14,19,32H,3,7-9,11-13,15-16,25H2,1H3,(H2,26,27,31)/t19-,23-/m0/s1. The van der Waals surface area contributed by atoms with Gasteiger partial charge in [-0.3, -0.25) is 9.36 Å². The van der Waals surface area contributed by atoms with Crippen LogP contribution in [0.1, 0.15) is 49.0 Å². The van der Waals surface area contributed by atoms with Crippen molar-refractivity contribution in [2.24, 2.45) is 5.73 Å². The van der Waals surface area contributed by atoms with Crippen molar-refractivity contribution in [3.63, 3.8) is 0 Å². The lowest BCUT2D eigenvalue weighted by Gasteiger charge is -2.51. The molecule has 0 radical (unpaired) electrons. The number of nitrogen functional groups attached to an aromatic ring is 1. The van der Waals surface area contributed by atoms with Gasteiger partial charge in [-0.05, 0) is 57.0 Å². The van der Waals surface area contributed by atoms with Gasteiger partial charge < -0.3 is 30.9 Å². The molecule has 2 aliphatic rings. The Morgan fingerprint density at radius 3 is 2.76 bits per heavy atom. The van der Waals surface area contributed by atoms with Crippen LogP contribution in [0.5, 0.6) is 5.75 Å². The second-order valence-electron chi connectivity index (χ2n) is 9.40. The van der Waals surface area contributed by atoms with Gasteiger partial charge in [0.15, 0.2) is 0 Å². The molecular weight excluding hydrogens is 438 g/mol. The summed E-state index contributed by atoms with van der Waals surface area (Å²) >= 11 is 0. The predicted octanol–water partition coefficient (Wildman–Crippen LogP) is 0.941. The van der Waals surface area contributed by atoms with E-state index in [2.05, 4.69) is 4.98 Å². The van der Waals surface area contributed by atoms with Crippen molar-refractivity contribution in [1.82, 2.24) is 14.5 Å². The molecule has 10 nitrogen and oxygen atoms in total. The van der Waals surface area contributed by atoms with Crippen LogP contribution in [0.25, 0.3) is 0 Å². The smallest absolute Gasteiger partial charge is 0.349 e. The molecule has 1 amide bonds. The van der Waals surface area contributed by atoms with Crippen LogP contribution in [0.15, 0.2) is 41.3 Å². The summed E-state index contributed by atoms with van der Waals surface area (Å²) in [6, 6.07) is 8.15. The number of piperidine rings is 1. The average molecular weight is 472 g/mol. The predicted molar refractivity (Wildman–Crippen MR) is 127 cm³/mol. The number of carbonyl (C=O) groups is 1. The van der Waals surface area contributed by atoms with Crippen LogP contribution < -0.4 is 21.9 Å². The van der Waals surface area contributed by atoms with Crippen LogP contribution in [0, 0.1) is 0 Å². The number of nitrogens with two attached hydrogens (primary N) is 2. The zero-order valence-electron chi connectivity index (χ0n) is 19.5. The third kappa shape index (κ3) is 5.08. The molecule has 184 valence electrons. The monoisotopic (exact) mass is 471 g/mol. The first-order chi connectivity index (χ1) is 16.2. The van der Waals surface area contributed by atoms with Crippen LogP contribution in [-0.2, 0) is 4.74 Å². The molecule has 2 fully saturated rings. The highest BCUT2D eigenvalue weighted by molar-refractivity contribution is 5.94. The van der Waals surface area contributed by atoms with Crippen LogP contribution in [0.2, 0.25) is 0 Å². The maximum Gasteiger partial charge on any atom is 0.349 e. The van der Waals surface area contributed by atoms with Gasteiger partial charge in [-0.15, -0.1) is 0 Å². The van der Waals surface area contributed by atoms with Crippen molar-refractivity contribution in [2.75, 3.05) is 38.6 Å². The number of hydrogen-bond acceptors (Lipinski definition) is 8. The number of aromatic nitrogens is 2. The van der Waals surface area contributed by atoms with Crippen molar-refractivity contribution in [2.45, 2.75) is 49.9 Å². The first-order valence-electron chi connectivity index (χ1n) is 11.7. The van der Waals surface area contributed by atoms with Gasteiger partial charge in [-0.25, -0.2) is 4.79 Å². The molecule has 3 heterocycles. The number of aliphatic hydroxyl groups is 1. The number of carbonyl (C=O) groups excluding carboxylic acids is 1. The molecule has 34 heavy (non-hydrogen) atoms. The Balaban J connectivity index is 1.39. The molecule has 0 bridgehead atoms. The number of nitrogens with zero attached hydrogens (tertiary/aromatic N) is 3. The van der Waals surface area contributed by atoms with E-state index in [-0.39, 0.29) is 18.3 Å². The minimum atomic E-state index is -1.18. The lowest BCUT2D eigenvalue weighted by Crippen LogP contribution is -2.59. The van der Waals surface area contributed by atoms with E-state index in [9.17, 15) is 14.7 Å². The molecule has 1 aromatic heterocycles. The highest BCUT2D eigenvalue weighted by atomic mass is 16.5. The van der Waals surface area contributed by atoms with Crippen LogP contribution in [-0.4, -0.2) is 69.5 Å². The van der Waals surface area contributed by atoms with E-state index >= 15 is 0 Å². The fourth-order valence-electron chi connectivity index (χ4n) is 4.91. The lowest BCUT2D eigenvalue weighted by atomic mass is 9.75. The zero-order chi connectivity index (χ0) is 24.3. The topological polar surface area (TPSA) is 146 Å². The number of benzene rings is 1. The summed E-state index contributed by atoms with van der Waals surface area (Å²) in [6.45, 7) is 3.99. The Kier molecular flexibility index (Phi) is 6.92. The minimum Gasteiger partial charge on any atom is -0.494 e. The molecule has 1 aromatic carbocycles. The first-order valence-corrected chi connectivity index (χ1v) is 11.7. The second kappa shape index (κ2) is 9.73. The summed E-state index contributed by atoms with van der Waals surface area (Å²) < 4.78 is 13.3. The van der Waals surface area contributed by atoms with Gasteiger partial charge in [-0.2, -0.15) is 4.98 Å². The van der Waals surface area contributed by atoms with Gasteiger partial charge in [0.2, 0.25) is 0 Å². The Bertz CT molecular complexity index is 1080. The van der Waals surface area contributed by atoms with E-state index < -0.39 is 22.9 Å². The van der Waals surface area contributed by atoms with Gasteiger partial charge in [0, 0.05) is 31.3 Å². The molecule has 0 unspecified atom stereocenters. The van der Waals surface area contributed by atoms with Crippen molar-refractivity contribution in [3.05, 3.63) is 52.6 Å². The number of rotatable bonds is 6. The van der Waals surface area contributed by atoms with Gasteiger partial charge in [0.1, 0.15) is 11.6 Å². The molecule has 2 aromatic rings. The molecular formula is C24H33N5O5. The number of amides is 1. The van der Waals surface area contributed by atoms with Crippen LogP contribution in [0.4, 0.5) is 5.82 Å². The maximum absolute atomic E-state index is 13.1. The van der Waals surface area contributed by atoms with Gasteiger partial charge in [-0.1, -0.05) is 6.07 Å². The summed E-state index contributed by atoms with van der Waals surface area (Å²) in [5, 5.41) is 11.3. The lowest BCUT2D eigenvalue weighted by molar-refractivity contribution is -0.195. The molecule has 1 spiro atoms. The van der Waals surface area contributed by atoms with Crippen molar-refractivity contribution < 1.29 is 19.4 Å². The summed E-state index contributed by atoms with van der Waals surface area (Å²) in [4.78, 5) is 31.0. The number of likely N-dealkylation sites (tertiary alicyclic amines) is 1. The molecule has 0 saturated carbocycles. The highest BCUT2D eigenvalue weighted by Gasteiger charge is 2.50. The maximum atomic E-state index is 13.1. The highest BCUT2D eigenvalue weighted by Crippen LogP contribution is 2.43. The quantitative estimate of drug-likeness (QED) is 0.528. The fourth-order valence-corrected chi connectivity index (χ4v) is 4.91. The Hall–Kier alpha value is -2.95. The fraction of sp³-hybridized carbons (Fsp3) is 0.542. The molecule has 4 rings (SSSR count). The number of anilines is 1. The second-order valence-corrected chi connectivity index (χ2v) is 9.40. The molecule has 10 heteroatoms. The van der Waals surface area contributed by atoms with E-state index in [1.54, 1.807) is 25.3 Å². The normalized spacial score (nSPS) is 24.2. The molecule has 2 aliphatic heterocycles. The third-order valence-corrected chi connectivity index (χ3v) is 6.79. The largest absolute Gasteiger partial charge is 0.494 e. The van der Waals surface area contributed by atoms with Crippen LogP contribution >= 0.6 is 0 Å². The number of ether oxygens (including phenoxy) is 2. The summed E-state index contributed by atoms with van der Waals surface area (Å²) in [7, 11) is 0. The Morgan fingerprint density at radius 2 is 2.09 bits per heavy atom. The van der Waals surface area contributed by atoms with Gasteiger partial charge in [0.05, 0.1) is 30.5 Å². The van der Waals surface area contributed by atoms with Crippen molar-refractivity contribution >= 4 is 11.7 Å². The van der Waals surface area contributed by atoms with E-state index in [4.69, 9.17) is 20.9 Å². The SMILES string of the molecule is C[C@]1(O)CC2(CCN(C(=O)c3cccc(OCCCN)c3)CC2)OC[C@@H]1n1ccc(N)nc1=O. The average Bonchev–Trinajstić information content (AvgIpc) is 2.80. The van der Waals surface area contributed by atoms with Crippen LogP contribution in [0.3, 0.4) is 0 Å². The summed E-state index contributed by atoms with van der Waals surface area (Å²) in [6.07, 6.45) is 3.85. The van der Waals surface area contributed by atoms with E-state index in [1.165, 1.54) is 10.6 Å². The van der Waals surface area contributed by atoms with Crippen molar-refractivity contribution in [3.8, 4) is 5.75 Å². The zero-order valence-corrected chi connectivity index (χ0v) is 19.5. The van der Waals surface area contributed by atoms with E-state index in [0.29, 0.717) is 56.8 Å². The van der Waals surface area contributed by atoms with E-state index in [0.717, 1.165) is 6.42 Å². The number of hydrogen-bond donors (Lipinski definition) is 3. The summed E-state index contributed by atoms with van der Waals surface area (Å²) in [5.41, 5.74) is 9.43. The van der Waals surface area contributed by atoms with Gasteiger partial charge >= 0.3 is 5.69 Å².